The summed E-state index contributed by atoms with van der Waals surface area (Å²) in [6, 6.07) is 0. The minimum Gasteiger partial charge on any atom is -0.463 e. The second-order valence-corrected chi connectivity index (χ2v) is 5.15. The molecular weight excluding hydrogens is 272 g/mol. The summed E-state index contributed by atoms with van der Waals surface area (Å²) in [6.45, 7) is 6.36. The summed E-state index contributed by atoms with van der Waals surface area (Å²) < 4.78 is 14.7. The minimum atomic E-state index is -0.918. The zero-order valence-corrected chi connectivity index (χ0v) is 13.7. The lowest BCUT2D eigenvalue weighted by atomic mass is 10.1. The zero-order valence-electron chi connectivity index (χ0n) is 13.7. The first-order valence-electron chi connectivity index (χ1n) is 8.11. The number of hydrogen-bond acceptors (Lipinski definition) is 5. The Bertz CT molecular complexity index is 278. The zero-order chi connectivity index (χ0) is 15.9. The van der Waals surface area contributed by atoms with Gasteiger partial charge in [-0.05, 0) is 19.8 Å². The van der Waals surface area contributed by atoms with E-state index in [9.17, 15) is 9.59 Å². The quantitative estimate of drug-likeness (QED) is 0.399. The van der Waals surface area contributed by atoms with Crippen LogP contribution < -0.4 is 0 Å². The average molecular weight is 302 g/mol. The third-order valence-electron chi connectivity index (χ3n) is 3.06. The number of unbranched alkanes of at least 4 members (excludes halogenated alkanes) is 6. The fourth-order valence-electron chi connectivity index (χ4n) is 1.70. The number of esters is 1. The predicted octanol–water partition coefficient (Wildman–Crippen LogP) is 4.23. The van der Waals surface area contributed by atoms with Gasteiger partial charge in [0.25, 0.3) is 0 Å². The molecule has 0 bridgehead atoms. The molecule has 0 radical (unpaired) electrons. The molecule has 5 nitrogen and oxygen atoms in total. The highest BCUT2D eigenvalue weighted by Crippen LogP contribution is 2.06. The Morgan fingerprint density at radius 1 is 0.810 bits per heavy atom. The van der Waals surface area contributed by atoms with E-state index in [2.05, 4.69) is 6.92 Å². The Morgan fingerprint density at radius 2 is 1.38 bits per heavy atom. The van der Waals surface area contributed by atoms with Crippen LogP contribution in [0.5, 0.6) is 0 Å². The lowest BCUT2D eigenvalue weighted by molar-refractivity contribution is -0.154. The molecule has 0 rings (SSSR count). The predicted molar refractivity (Wildman–Crippen MR) is 81.1 cm³/mol. The summed E-state index contributed by atoms with van der Waals surface area (Å²) in [4.78, 5) is 22.8. The van der Waals surface area contributed by atoms with Crippen molar-refractivity contribution >= 4 is 12.1 Å². The number of rotatable bonds is 12. The molecule has 0 heterocycles. The van der Waals surface area contributed by atoms with Crippen LogP contribution in [0.3, 0.4) is 0 Å². The van der Waals surface area contributed by atoms with Crippen molar-refractivity contribution in [3.63, 3.8) is 0 Å². The van der Waals surface area contributed by atoms with Crippen molar-refractivity contribution in [3.8, 4) is 0 Å². The van der Waals surface area contributed by atoms with Crippen LogP contribution in [0.4, 0.5) is 4.79 Å². The molecule has 0 saturated carbocycles. The van der Waals surface area contributed by atoms with Crippen LogP contribution in [0, 0.1) is 0 Å². The first-order valence-corrected chi connectivity index (χ1v) is 8.11. The lowest BCUT2D eigenvalue weighted by Gasteiger charge is -2.12. The molecular formula is C16H30O5. The van der Waals surface area contributed by atoms with Crippen molar-refractivity contribution in [2.45, 2.75) is 78.2 Å². The monoisotopic (exact) mass is 302 g/mol. The first kappa shape index (κ1) is 19.7. The molecule has 1 atom stereocenters. The molecule has 0 aromatic rings. The molecule has 0 aliphatic carbocycles. The first-order chi connectivity index (χ1) is 10.1. The van der Waals surface area contributed by atoms with Gasteiger partial charge in [-0.2, -0.15) is 0 Å². The average Bonchev–Trinajstić information content (AvgIpc) is 2.46. The van der Waals surface area contributed by atoms with E-state index in [4.69, 9.17) is 14.2 Å². The van der Waals surface area contributed by atoms with Crippen LogP contribution in [-0.4, -0.2) is 31.4 Å². The number of carbonyl (C=O) groups is 2. The smallest absolute Gasteiger partial charge is 0.463 e. The van der Waals surface area contributed by atoms with E-state index in [0.717, 1.165) is 32.1 Å². The standard InChI is InChI=1S/C16H30O5/c1-4-6-8-9-10-11-13-20-16(18)21-14(3)15(17)19-12-7-5-2/h14H,4-13H2,1-3H3/t14-/m0/s1. The SMILES string of the molecule is CCCCCCCCOC(=O)O[C@@H](C)C(=O)OCCCC. The maximum atomic E-state index is 11.5. The fraction of sp³-hybridized carbons (Fsp3) is 0.875. The summed E-state index contributed by atoms with van der Waals surface area (Å²) >= 11 is 0. The molecule has 0 unspecified atom stereocenters. The van der Waals surface area contributed by atoms with Crippen LogP contribution in [0.15, 0.2) is 0 Å². The summed E-state index contributed by atoms with van der Waals surface area (Å²) in [7, 11) is 0. The normalized spacial score (nSPS) is 11.8. The van der Waals surface area contributed by atoms with Crippen molar-refractivity contribution in [2.75, 3.05) is 13.2 Å². The van der Waals surface area contributed by atoms with Gasteiger partial charge in [0.05, 0.1) is 13.2 Å². The molecule has 0 N–H and O–H groups in total. The molecule has 0 aliphatic heterocycles. The van der Waals surface area contributed by atoms with E-state index in [1.54, 1.807) is 0 Å². The molecule has 0 fully saturated rings. The molecule has 5 heteroatoms. The molecule has 124 valence electrons. The maximum absolute atomic E-state index is 11.5. The molecule has 0 aromatic heterocycles. The third-order valence-corrected chi connectivity index (χ3v) is 3.06. The lowest BCUT2D eigenvalue weighted by Crippen LogP contribution is -2.27. The summed E-state index contributed by atoms with van der Waals surface area (Å²) in [5, 5.41) is 0. The van der Waals surface area contributed by atoms with Crippen LogP contribution in [-0.2, 0) is 19.0 Å². The van der Waals surface area contributed by atoms with Gasteiger partial charge in [-0.1, -0.05) is 52.4 Å². The maximum Gasteiger partial charge on any atom is 0.509 e. The molecule has 21 heavy (non-hydrogen) atoms. The van der Waals surface area contributed by atoms with E-state index in [1.165, 1.54) is 26.2 Å². The van der Waals surface area contributed by atoms with Crippen LogP contribution >= 0.6 is 0 Å². The van der Waals surface area contributed by atoms with Crippen LogP contribution in [0.25, 0.3) is 0 Å². The van der Waals surface area contributed by atoms with Crippen molar-refractivity contribution in [2.24, 2.45) is 0 Å². The number of ether oxygens (including phenoxy) is 3. The van der Waals surface area contributed by atoms with Crippen LogP contribution in [0.2, 0.25) is 0 Å². The Morgan fingerprint density at radius 3 is 2.05 bits per heavy atom. The van der Waals surface area contributed by atoms with E-state index in [0.29, 0.717) is 13.2 Å². The van der Waals surface area contributed by atoms with Crippen molar-refractivity contribution in [1.82, 2.24) is 0 Å². The van der Waals surface area contributed by atoms with Crippen molar-refractivity contribution in [1.29, 1.82) is 0 Å². The van der Waals surface area contributed by atoms with Gasteiger partial charge >= 0.3 is 12.1 Å². The Labute approximate surface area is 128 Å². The van der Waals surface area contributed by atoms with Crippen LogP contribution in [0.1, 0.15) is 72.1 Å². The molecule has 0 saturated heterocycles. The van der Waals surface area contributed by atoms with Gasteiger partial charge < -0.3 is 14.2 Å². The van der Waals surface area contributed by atoms with Gasteiger partial charge in [-0.3, -0.25) is 0 Å². The fourth-order valence-corrected chi connectivity index (χ4v) is 1.70. The van der Waals surface area contributed by atoms with Gasteiger partial charge in [-0.15, -0.1) is 0 Å². The van der Waals surface area contributed by atoms with Gasteiger partial charge in [0.2, 0.25) is 0 Å². The highest BCUT2D eigenvalue weighted by atomic mass is 16.7. The van der Waals surface area contributed by atoms with Crippen molar-refractivity contribution in [3.05, 3.63) is 0 Å². The third kappa shape index (κ3) is 12.2. The van der Waals surface area contributed by atoms with Crippen molar-refractivity contribution < 1.29 is 23.8 Å². The molecule has 0 aromatic carbocycles. The van der Waals surface area contributed by atoms with E-state index in [-0.39, 0.29) is 0 Å². The highest BCUT2D eigenvalue weighted by molar-refractivity contribution is 5.76. The topological polar surface area (TPSA) is 61.8 Å². The molecule has 0 spiro atoms. The Balaban J connectivity index is 3.57. The minimum absolute atomic E-state index is 0.336. The summed E-state index contributed by atoms with van der Waals surface area (Å²) in [6.07, 6.45) is 6.76. The molecule has 0 amide bonds. The Hall–Kier alpha value is -1.26. The largest absolute Gasteiger partial charge is 0.509 e. The Kier molecular flexibility index (Phi) is 12.9. The summed E-state index contributed by atoms with van der Waals surface area (Å²) in [5.74, 6) is -0.528. The number of hydrogen-bond donors (Lipinski definition) is 0. The van der Waals surface area contributed by atoms with E-state index >= 15 is 0 Å². The van der Waals surface area contributed by atoms with Gasteiger partial charge in [0.1, 0.15) is 0 Å². The van der Waals surface area contributed by atoms with Gasteiger partial charge in [0.15, 0.2) is 6.10 Å². The van der Waals surface area contributed by atoms with Gasteiger partial charge in [0, 0.05) is 0 Å². The second-order valence-electron chi connectivity index (χ2n) is 5.15. The number of carbonyl (C=O) groups excluding carboxylic acids is 2. The second kappa shape index (κ2) is 13.7. The van der Waals surface area contributed by atoms with Gasteiger partial charge in [-0.25, -0.2) is 9.59 Å². The highest BCUT2D eigenvalue weighted by Gasteiger charge is 2.19. The van der Waals surface area contributed by atoms with E-state index < -0.39 is 18.2 Å². The summed E-state index contributed by atoms with van der Waals surface area (Å²) in [5.41, 5.74) is 0. The van der Waals surface area contributed by atoms with E-state index in [1.807, 2.05) is 6.92 Å². The molecule has 0 aliphatic rings.